The Morgan fingerprint density at radius 3 is 2.48 bits per heavy atom. The molecule has 2 rings (SSSR count). The van der Waals surface area contributed by atoms with Crippen LogP contribution in [0.15, 0.2) is 60.7 Å². The van der Waals surface area contributed by atoms with Crippen LogP contribution in [0.25, 0.3) is 11.6 Å². The van der Waals surface area contributed by atoms with Crippen LogP contribution in [0.1, 0.15) is 16.7 Å². The largest absolute Gasteiger partial charge is 0.496 e. The van der Waals surface area contributed by atoms with Crippen LogP contribution in [-0.2, 0) is 0 Å². The molecule has 0 N–H and O–H groups in total. The molecule has 0 aliphatic rings. The molecule has 2 aromatic rings. The van der Waals surface area contributed by atoms with Gasteiger partial charge in [0.25, 0.3) is 0 Å². The number of rotatable bonds is 4. The first kappa shape index (κ1) is 14.6. The standard InChI is InChI=1S/C19H17NO/c1-15-10-12-16(13-11-15)18(14-20)8-5-7-17-6-3-4-9-19(17)21-2/h3-13H,1-2H3/b7-5+,18-8-. The summed E-state index contributed by atoms with van der Waals surface area (Å²) in [5, 5.41) is 9.27. The SMILES string of the molecule is COc1ccccc1/C=C/C=C(/C#N)c1ccc(C)cc1. The number of nitriles is 1. The van der Waals surface area contributed by atoms with Crippen LogP contribution in [0.2, 0.25) is 0 Å². The van der Waals surface area contributed by atoms with Crippen LogP contribution in [0, 0.1) is 18.3 Å². The minimum absolute atomic E-state index is 0.640. The Morgan fingerprint density at radius 2 is 1.81 bits per heavy atom. The highest BCUT2D eigenvalue weighted by Crippen LogP contribution is 2.19. The minimum Gasteiger partial charge on any atom is -0.496 e. The van der Waals surface area contributed by atoms with E-state index in [-0.39, 0.29) is 0 Å². The van der Waals surface area contributed by atoms with Crippen molar-refractivity contribution in [2.45, 2.75) is 6.92 Å². The van der Waals surface area contributed by atoms with Crippen LogP contribution >= 0.6 is 0 Å². The van der Waals surface area contributed by atoms with E-state index < -0.39 is 0 Å². The van der Waals surface area contributed by atoms with Gasteiger partial charge in [0.1, 0.15) is 5.75 Å². The molecule has 0 aromatic heterocycles. The molecule has 0 spiro atoms. The second-order valence-electron chi connectivity index (χ2n) is 4.66. The third-order valence-corrected chi connectivity index (χ3v) is 3.16. The van der Waals surface area contributed by atoms with Crippen molar-refractivity contribution in [1.29, 1.82) is 5.26 Å². The maximum Gasteiger partial charge on any atom is 0.126 e. The molecule has 2 aromatic carbocycles. The molecule has 0 atom stereocenters. The van der Waals surface area contributed by atoms with E-state index in [4.69, 9.17) is 4.74 Å². The first-order chi connectivity index (χ1) is 10.2. The van der Waals surface area contributed by atoms with E-state index in [2.05, 4.69) is 6.07 Å². The van der Waals surface area contributed by atoms with E-state index >= 15 is 0 Å². The number of aryl methyl sites for hydroxylation is 1. The summed E-state index contributed by atoms with van der Waals surface area (Å²) in [4.78, 5) is 0. The van der Waals surface area contributed by atoms with Gasteiger partial charge in [0, 0.05) is 5.56 Å². The minimum atomic E-state index is 0.640. The highest BCUT2D eigenvalue weighted by molar-refractivity contribution is 5.78. The fourth-order valence-electron chi connectivity index (χ4n) is 1.98. The van der Waals surface area contributed by atoms with Gasteiger partial charge >= 0.3 is 0 Å². The quantitative estimate of drug-likeness (QED) is 0.602. The van der Waals surface area contributed by atoms with Crippen molar-refractivity contribution in [3.05, 3.63) is 77.4 Å². The molecule has 0 aliphatic heterocycles. The second kappa shape index (κ2) is 7.12. The molecule has 0 radical (unpaired) electrons. The summed E-state index contributed by atoms with van der Waals surface area (Å²) >= 11 is 0. The van der Waals surface area contributed by atoms with Gasteiger partial charge in [-0.05, 0) is 24.6 Å². The molecule has 104 valence electrons. The van der Waals surface area contributed by atoms with Gasteiger partial charge in [0.15, 0.2) is 0 Å². The molecule has 2 heteroatoms. The number of hydrogen-bond donors (Lipinski definition) is 0. The third kappa shape index (κ3) is 3.84. The Bertz CT molecular complexity index is 703. The van der Waals surface area contributed by atoms with E-state index in [9.17, 15) is 5.26 Å². The number of para-hydroxylation sites is 1. The summed E-state index contributed by atoms with van der Waals surface area (Å²) in [5.41, 5.74) is 3.73. The van der Waals surface area contributed by atoms with Gasteiger partial charge in [0.2, 0.25) is 0 Å². The van der Waals surface area contributed by atoms with E-state index in [1.807, 2.05) is 73.7 Å². The van der Waals surface area contributed by atoms with E-state index in [0.29, 0.717) is 5.57 Å². The number of methoxy groups -OCH3 is 1. The molecule has 0 fully saturated rings. The summed E-state index contributed by atoms with van der Waals surface area (Å²) in [6.45, 7) is 2.03. The Hall–Kier alpha value is -2.79. The Morgan fingerprint density at radius 1 is 1.10 bits per heavy atom. The zero-order valence-electron chi connectivity index (χ0n) is 12.2. The van der Waals surface area contributed by atoms with Crippen LogP contribution in [0.3, 0.4) is 0 Å². The topological polar surface area (TPSA) is 33.0 Å². The van der Waals surface area contributed by atoms with E-state index in [1.165, 1.54) is 5.56 Å². The summed E-state index contributed by atoms with van der Waals surface area (Å²) in [6.07, 6.45) is 5.62. The van der Waals surface area contributed by atoms with Crippen LogP contribution in [-0.4, -0.2) is 7.11 Å². The molecular formula is C19H17NO. The van der Waals surface area contributed by atoms with E-state index in [1.54, 1.807) is 7.11 Å². The molecule has 2 nitrogen and oxygen atoms in total. The smallest absolute Gasteiger partial charge is 0.126 e. The Labute approximate surface area is 125 Å². The summed E-state index contributed by atoms with van der Waals surface area (Å²) in [7, 11) is 1.65. The molecule has 0 bridgehead atoms. The summed E-state index contributed by atoms with van der Waals surface area (Å²) in [5.74, 6) is 0.816. The lowest BCUT2D eigenvalue weighted by atomic mass is 10.0. The fourth-order valence-corrected chi connectivity index (χ4v) is 1.98. The molecule has 21 heavy (non-hydrogen) atoms. The second-order valence-corrected chi connectivity index (χ2v) is 4.66. The highest BCUT2D eigenvalue weighted by Gasteiger charge is 1.99. The molecule has 0 aliphatic carbocycles. The van der Waals surface area contributed by atoms with Gasteiger partial charge < -0.3 is 4.74 Å². The average Bonchev–Trinajstić information content (AvgIpc) is 2.53. The maximum absolute atomic E-state index is 9.27. The normalized spacial score (nSPS) is 11.4. The average molecular weight is 275 g/mol. The van der Waals surface area contributed by atoms with Gasteiger partial charge in [-0.3, -0.25) is 0 Å². The fraction of sp³-hybridized carbons (Fsp3) is 0.105. The summed E-state index contributed by atoms with van der Waals surface area (Å²) in [6, 6.07) is 17.9. The van der Waals surface area contributed by atoms with Crippen LogP contribution < -0.4 is 4.74 Å². The number of benzene rings is 2. The maximum atomic E-state index is 9.27. The first-order valence-electron chi connectivity index (χ1n) is 6.73. The van der Waals surface area contributed by atoms with Crippen molar-refractivity contribution in [3.63, 3.8) is 0 Å². The van der Waals surface area contributed by atoms with Crippen molar-refractivity contribution in [3.8, 4) is 11.8 Å². The molecule has 0 amide bonds. The molecule has 0 saturated heterocycles. The molecular weight excluding hydrogens is 258 g/mol. The molecule has 0 saturated carbocycles. The van der Waals surface area contributed by atoms with Gasteiger partial charge in [-0.15, -0.1) is 0 Å². The number of nitrogens with zero attached hydrogens (tertiary/aromatic N) is 1. The highest BCUT2D eigenvalue weighted by atomic mass is 16.5. The lowest BCUT2D eigenvalue weighted by molar-refractivity contribution is 0.414. The van der Waals surface area contributed by atoms with Gasteiger partial charge in [-0.25, -0.2) is 0 Å². The van der Waals surface area contributed by atoms with Crippen LogP contribution in [0.4, 0.5) is 0 Å². The first-order valence-corrected chi connectivity index (χ1v) is 6.73. The van der Waals surface area contributed by atoms with E-state index in [0.717, 1.165) is 16.9 Å². The molecule has 0 unspecified atom stereocenters. The van der Waals surface area contributed by atoms with Gasteiger partial charge in [0.05, 0.1) is 18.8 Å². The van der Waals surface area contributed by atoms with Crippen molar-refractivity contribution in [2.24, 2.45) is 0 Å². The Kier molecular flexibility index (Phi) is 4.95. The van der Waals surface area contributed by atoms with Gasteiger partial charge in [-0.1, -0.05) is 60.2 Å². The number of allylic oxidation sites excluding steroid dienone is 3. The predicted molar refractivity (Wildman–Crippen MR) is 86.8 cm³/mol. The van der Waals surface area contributed by atoms with Crippen molar-refractivity contribution < 1.29 is 4.74 Å². The third-order valence-electron chi connectivity index (χ3n) is 3.16. The van der Waals surface area contributed by atoms with Crippen molar-refractivity contribution in [2.75, 3.05) is 7.11 Å². The number of ether oxygens (including phenoxy) is 1. The lowest BCUT2D eigenvalue weighted by Crippen LogP contribution is -1.85. The number of hydrogen-bond acceptors (Lipinski definition) is 2. The zero-order valence-corrected chi connectivity index (χ0v) is 12.2. The predicted octanol–water partition coefficient (Wildman–Crippen LogP) is 4.62. The van der Waals surface area contributed by atoms with Crippen molar-refractivity contribution in [1.82, 2.24) is 0 Å². The van der Waals surface area contributed by atoms with Gasteiger partial charge in [-0.2, -0.15) is 5.26 Å². The monoisotopic (exact) mass is 275 g/mol. The van der Waals surface area contributed by atoms with Crippen LogP contribution in [0.5, 0.6) is 5.75 Å². The zero-order chi connectivity index (χ0) is 15.1. The lowest BCUT2D eigenvalue weighted by Gasteiger charge is -2.02. The summed E-state index contributed by atoms with van der Waals surface area (Å²) < 4.78 is 5.29. The Balaban J connectivity index is 2.24. The van der Waals surface area contributed by atoms with Crippen molar-refractivity contribution >= 4 is 11.6 Å². The molecule has 0 heterocycles.